The van der Waals surface area contributed by atoms with Crippen LogP contribution in [0.15, 0.2) is 12.4 Å². The highest BCUT2D eigenvalue weighted by Crippen LogP contribution is 2.62. The number of H-pyrrole nitrogens is 1. The Morgan fingerprint density at radius 2 is 2.00 bits per heavy atom. The zero-order chi connectivity index (χ0) is 12.6. The first-order valence-corrected chi connectivity index (χ1v) is 6.96. The van der Waals surface area contributed by atoms with Crippen molar-refractivity contribution in [3.63, 3.8) is 0 Å². The number of nitrogens with one attached hydrogen (secondary N) is 1. The molecule has 9 nitrogen and oxygen atoms in total. The van der Waals surface area contributed by atoms with Crippen LogP contribution in [0, 0.1) is 0 Å². The van der Waals surface area contributed by atoms with Crippen molar-refractivity contribution in [2.45, 2.75) is 11.5 Å². The van der Waals surface area contributed by atoms with Gasteiger partial charge in [0.1, 0.15) is 5.82 Å². The van der Waals surface area contributed by atoms with Gasteiger partial charge >= 0.3 is 0 Å². The van der Waals surface area contributed by atoms with E-state index in [9.17, 15) is 28.9 Å². The molecule has 0 aromatic carbocycles. The third-order valence-electron chi connectivity index (χ3n) is 1.85. The molecule has 92 valence electrons. The van der Waals surface area contributed by atoms with Crippen LogP contribution in [0.2, 0.25) is 0 Å². The summed E-state index contributed by atoms with van der Waals surface area (Å²) < 4.78 is 21.4. The first-order valence-electron chi connectivity index (χ1n) is 3.84. The average molecular weight is 269 g/mol. The quantitative estimate of drug-likeness (QED) is 0.486. The number of hydrogen-bond donors (Lipinski definition) is 3. The van der Waals surface area contributed by atoms with Crippen molar-refractivity contribution in [1.82, 2.24) is 9.97 Å². The van der Waals surface area contributed by atoms with E-state index in [1.165, 1.54) is 6.20 Å². The molecule has 0 aliphatic carbocycles. The van der Waals surface area contributed by atoms with Crippen LogP contribution in [-0.2, 0) is 15.6 Å². The smallest absolute Gasteiger partial charge is 0.169 e. The Hall–Kier alpha value is -0.530. The van der Waals surface area contributed by atoms with Gasteiger partial charge in [0.2, 0.25) is 0 Å². The Bertz CT molecular complexity index is 423. The Kier molecular flexibility index (Phi) is 3.42. The van der Waals surface area contributed by atoms with E-state index in [2.05, 4.69) is 9.97 Å². The van der Waals surface area contributed by atoms with Gasteiger partial charge in [-0.25, -0.2) is 4.98 Å². The molecular weight excluding hydrogens is 262 g/mol. The minimum atomic E-state index is -5.98. The lowest BCUT2D eigenvalue weighted by molar-refractivity contribution is -0.328. The fraction of sp³-hybridized carbons (Fsp3) is 0.400. The number of aromatic amines is 1. The van der Waals surface area contributed by atoms with Crippen molar-refractivity contribution < 1.29 is 33.8 Å². The third-order valence-corrected chi connectivity index (χ3v) is 5.44. The maximum absolute atomic E-state index is 10.7. The van der Waals surface area contributed by atoms with E-state index >= 15 is 0 Å². The number of imidazole rings is 1. The Morgan fingerprint density at radius 3 is 2.31 bits per heavy atom. The molecule has 0 radical (unpaired) electrons. The standard InChI is InChI=1S/C5H10N2O7P2/c8-5(15(9,10)11,16(12,13)14)3-4-6-1-2-7-4/h1-2,8H,3H2,(H,6,7)(H2,9,10,11)(H2,12,13,14)/p-3. The Balaban J connectivity index is 3.18. The van der Waals surface area contributed by atoms with Gasteiger partial charge in [-0.05, 0) is 7.60 Å². The van der Waals surface area contributed by atoms with E-state index in [-0.39, 0.29) is 5.82 Å². The van der Waals surface area contributed by atoms with Crippen LogP contribution in [0.3, 0.4) is 0 Å². The van der Waals surface area contributed by atoms with Gasteiger partial charge in [-0.2, -0.15) is 0 Å². The lowest BCUT2D eigenvalue weighted by Crippen LogP contribution is -2.44. The normalized spacial score (nSPS) is 20.1. The van der Waals surface area contributed by atoms with E-state index in [4.69, 9.17) is 4.89 Å². The summed E-state index contributed by atoms with van der Waals surface area (Å²) >= 11 is 0. The predicted molar refractivity (Wildman–Crippen MR) is 44.7 cm³/mol. The molecule has 3 N–H and O–H groups in total. The minimum absolute atomic E-state index is 0.264. The minimum Gasteiger partial charge on any atom is -0.808 e. The van der Waals surface area contributed by atoms with Crippen molar-refractivity contribution in [1.29, 1.82) is 0 Å². The van der Waals surface area contributed by atoms with E-state index in [0.29, 0.717) is 0 Å². The largest absolute Gasteiger partial charge is 0.808 e. The van der Waals surface area contributed by atoms with Crippen molar-refractivity contribution in [2.24, 2.45) is 0 Å². The van der Waals surface area contributed by atoms with Crippen molar-refractivity contribution in [3.05, 3.63) is 18.2 Å². The topological polar surface area (TPSA) is 172 Å². The van der Waals surface area contributed by atoms with Crippen LogP contribution in [0.5, 0.6) is 0 Å². The first-order chi connectivity index (χ1) is 7.08. The van der Waals surface area contributed by atoms with Crippen LogP contribution in [0.25, 0.3) is 0 Å². The number of hydrogen-bond acceptors (Lipinski definition) is 7. The summed E-state index contributed by atoms with van der Waals surface area (Å²) in [5, 5.41) is 5.49. The predicted octanol–water partition coefficient (Wildman–Crippen LogP) is -2.94. The average Bonchev–Trinajstić information content (AvgIpc) is 2.52. The fourth-order valence-corrected chi connectivity index (χ4v) is 2.90. The van der Waals surface area contributed by atoms with Crippen molar-refractivity contribution >= 4 is 15.2 Å². The fourth-order valence-electron chi connectivity index (χ4n) is 0.971. The Morgan fingerprint density at radius 1 is 1.44 bits per heavy atom. The molecule has 2 unspecified atom stereocenters. The van der Waals surface area contributed by atoms with E-state index in [1.54, 1.807) is 0 Å². The van der Waals surface area contributed by atoms with Gasteiger partial charge in [-0.3, -0.25) is 0 Å². The van der Waals surface area contributed by atoms with Gasteiger partial charge in [0, 0.05) is 18.8 Å². The van der Waals surface area contributed by atoms with Crippen molar-refractivity contribution in [2.75, 3.05) is 0 Å². The summed E-state index contributed by atoms with van der Waals surface area (Å²) in [6.07, 6.45) is 1.22. The molecular formula is C5H7N2O7P2-3. The van der Waals surface area contributed by atoms with E-state index in [0.717, 1.165) is 6.20 Å². The van der Waals surface area contributed by atoms with Gasteiger partial charge in [-0.1, -0.05) is 0 Å². The van der Waals surface area contributed by atoms with Crippen LogP contribution >= 0.6 is 15.2 Å². The maximum atomic E-state index is 10.7. The van der Waals surface area contributed by atoms with E-state index < -0.39 is 26.7 Å². The molecule has 0 bridgehead atoms. The maximum Gasteiger partial charge on any atom is 0.169 e. The molecule has 16 heavy (non-hydrogen) atoms. The summed E-state index contributed by atoms with van der Waals surface area (Å²) in [6, 6.07) is 0. The highest BCUT2D eigenvalue weighted by atomic mass is 31.2. The summed E-state index contributed by atoms with van der Waals surface area (Å²) in [4.78, 5) is 46.4. The summed E-state index contributed by atoms with van der Waals surface area (Å²) in [5.74, 6) is -0.264. The van der Waals surface area contributed by atoms with Gasteiger partial charge < -0.3 is 38.8 Å². The summed E-state index contributed by atoms with van der Waals surface area (Å²) in [5.41, 5.74) is 0. The molecule has 0 aliphatic rings. The van der Waals surface area contributed by atoms with Gasteiger partial charge in [0.05, 0.1) is 0 Å². The second-order valence-corrected chi connectivity index (χ2v) is 6.87. The molecule has 0 spiro atoms. The molecule has 0 saturated heterocycles. The second-order valence-electron chi connectivity index (χ2n) is 3.00. The molecule has 1 aromatic rings. The number of rotatable bonds is 4. The number of nitrogens with zero attached hydrogens (tertiary/aromatic N) is 1. The van der Waals surface area contributed by atoms with Crippen LogP contribution in [0.4, 0.5) is 0 Å². The van der Waals surface area contributed by atoms with Crippen LogP contribution in [-0.4, -0.2) is 25.1 Å². The zero-order valence-electron chi connectivity index (χ0n) is 7.64. The molecule has 0 fully saturated rings. The van der Waals surface area contributed by atoms with Crippen LogP contribution in [0.1, 0.15) is 5.82 Å². The van der Waals surface area contributed by atoms with Crippen molar-refractivity contribution in [3.8, 4) is 0 Å². The second kappa shape index (κ2) is 4.05. The van der Waals surface area contributed by atoms with Gasteiger partial charge in [0.25, 0.3) is 0 Å². The molecule has 0 aliphatic heterocycles. The molecule has 11 heteroatoms. The van der Waals surface area contributed by atoms with Gasteiger partial charge in [-0.15, -0.1) is 0 Å². The Labute approximate surface area is 89.5 Å². The highest BCUT2D eigenvalue weighted by molar-refractivity contribution is 7.70. The highest BCUT2D eigenvalue weighted by Gasteiger charge is 2.42. The molecule has 1 heterocycles. The summed E-state index contributed by atoms with van der Waals surface area (Å²) in [6.45, 7) is 0. The molecule has 1 aromatic heterocycles. The van der Waals surface area contributed by atoms with Gasteiger partial charge in [0.15, 0.2) is 12.7 Å². The number of aromatic nitrogens is 2. The monoisotopic (exact) mass is 269 g/mol. The van der Waals surface area contributed by atoms with E-state index in [1.807, 2.05) is 0 Å². The molecule has 0 saturated carbocycles. The SMILES string of the molecule is O=P([O-])([O-])C(O)(Cc1ncc[nH]1)P(=O)([O-])O. The molecule has 1 rings (SSSR count). The lowest BCUT2D eigenvalue weighted by atomic mass is 10.4. The third kappa shape index (κ3) is 2.41. The number of aliphatic hydroxyl groups is 1. The molecule has 0 amide bonds. The zero-order valence-corrected chi connectivity index (χ0v) is 9.43. The molecule has 2 atom stereocenters. The lowest BCUT2D eigenvalue weighted by Gasteiger charge is -2.49. The van der Waals surface area contributed by atoms with Crippen LogP contribution < -0.4 is 14.7 Å². The summed E-state index contributed by atoms with van der Waals surface area (Å²) in [7, 11) is -11.8. The first kappa shape index (κ1) is 13.5.